The molecule has 0 heterocycles. The number of nitrogens with one attached hydrogen (secondary N) is 2. The highest BCUT2D eigenvalue weighted by atomic mass is 16.5. The van der Waals surface area contributed by atoms with E-state index in [-0.39, 0.29) is 6.54 Å². The minimum Gasteiger partial charge on any atom is -0.457 e. The van der Waals surface area contributed by atoms with Crippen LogP contribution in [0.25, 0.3) is 0 Å². The van der Waals surface area contributed by atoms with E-state index in [4.69, 9.17) is 10.5 Å². The topological polar surface area (TPSA) is 111 Å². The molecule has 0 saturated carbocycles. The van der Waals surface area contributed by atoms with E-state index >= 15 is 0 Å². The summed E-state index contributed by atoms with van der Waals surface area (Å²) in [7, 11) is 0. The molecule has 2 aromatic carbocycles. The van der Waals surface area contributed by atoms with E-state index in [1.807, 2.05) is 37.3 Å². The van der Waals surface area contributed by atoms with Crippen LogP contribution in [0.15, 0.2) is 54.6 Å². The molecule has 0 unspecified atom stereocenters. The SMILES string of the molecule is CCC[C@H](NC(=O)CNC(=O)c1ccc(Oc2ccccc2)cc1)C(N)=O. The first-order chi connectivity index (χ1) is 13.0. The smallest absolute Gasteiger partial charge is 0.251 e. The average molecular weight is 369 g/mol. The van der Waals surface area contributed by atoms with Crippen LogP contribution in [0.4, 0.5) is 0 Å². The molecule has 7 nitrogen and oxygen atoms in total. The largest absolute Gasteiger partial charge is 0.457 e. The molecular weight excluding hydrogens is 346 g/mol. The Balaban J connectivity index is 1.85. The normalized spacial score (nSPS) is 11.3. The van der Waals surface area contributed by atoms with Crippen LogP contribution >= 0.6 is 0 Å². The van der Waals surface area contributed by atoms with Gasteiger partial charge in [-0.05, 0) is 42.8 Å². The number of amides is 3. The Labute approximate surface area is 157 Å². The van der Waals surface area contributed by atoms with Crippen molar-refractivity contribution >= 4 is 17.7 Å². The maximum absolute atomic E-state index is 12.1. The number of carbonyl (C=O) groups excluding carboxylic acids is 3. The van der Waals surface area contributed by atoms with Gasteiger partial charge in [-0.1, -0.05) is 31.5 Å². The third kappa shape index (κ3) is 6.47. The van der Waals surface area contributed by atoms with Crippen LogP contribution in [-0.4, -0.2) is 30.3 Å². The fourth-order valence-electron chi connectivity index (χ4n) is 2.38. The van der Waals surface area contributed by atoms with Gasteiger partial charge >= 0.3 is 0 Å². The van der Waals surface area contributed by atoms with Crippen molar-refractivity contribution in [1.29, 1.82) is 0 Å². The maximum Gasteiger partial charge on any atom is 0.251 e. The fraction of sp³-hybridized carbons (Fsp3) is 0.250. The quantitative estimate of drug-likeness (QED) is 0.627. The van der Waals surface area contributed by atoms with E-state index in [9.17, 15) is 14.4 Å². The molecule has 0 aliphatic heterocycles. The lowest BCUT2D eigenvalue weighted by Gasteiger charge is -2.14. The van der Waals surface area contributed by atoms with Crippen molar-refractivity contribution in [3.05, 3.63) is 60.2 Å². The number of hydrogen-bond donors (Lipinski definition) is 3. The Bertz CT molecular complexity index is 776. The first-order valence-corrected chi connectivity index (χ1v) is 8.69. The van der Waals surface area contributed by atoms with Gasteiger partial charge in [-0.3, -0.25) is 14.4 Å². The van der Waals surface area contributed by atoms with E-state index in [0.717, 1.165) is 0 Å². The third-order valence-corrected chi connectivity index (χ3v) is 3.76. The zero-order valence-electron chi connectivity index (χ0n) is 15.1. The highest BCUT2D eigenvalue weighted by Crippen LogP contribution is 2.21. The highest BCUT2D eigenvalue weighted by molar-refractivity contribution is 5.97. The van der Waals surface area contributed by atoms with Crippen molar-refractivity contribution in [2.75, 3.05) is 6.54 Å². The Morgan fingerprint density at radius 1 is 1.00 bits per heavy atom. The summed E-state index contributed by atoms with van der Waals surface area (Å²) in [6.07, 6.45) is 1.16. The van der Waals surface area contributed by atoms with Crippen molar-refractivity contribution in [2.45, 2.75) is 25.8 Å². The number of hydrogen-bond acceptors (Lipinski definition) is 4. The minimum atomic E-state index is -0.728. The molecular formula is C20H23N3O4. The predicted molar refractivity (Wildman–Crippen MR) is 101 cm³/mol. The molecule has 0 bridgehead atoms. The van der Waals surface area contributed by atoms with Crippen LogP contribution < -0.4 is 21.1 Å². The Morgan fingerprint density at radius 3 is 2.22 bits per heavy atom. The van der Waals surface area contributed by atoms with Crippen molar-refractivity contribution in [2.24, 2.45) is 5.73 Å². The van der Waals surface area contributed by atoms with Gasteiger partial charge in [-0.25, -0.2) is 0 Å². The van der Waals surface area contributed by atoms with Crippen LogP contribution in [0, 0.1) is 0 Å². The van der Waals surface area contributed by atoms with Gasteiger partial charge in [-0.2, -0.15) is 0 Å². The van der Waals surface area contributed by atoms with Crippen LogP contribution in [-0.2, 0) is 9.59 Å². The zero-order valence-corrected chi connectivity index (χ0v) is 15.1. The number of ether oxygens (including phenoxy) is 1. The standard InChI is InChI=1S/C20H23N3O4/c1-2-6-17(19(21)25)23-18(24)13-22-20(26)14-9-11-16(12-10-14)27-15-7-4-3-5-8-15/h3-5,7-12,17H,2,6,13H2,1H3,(H2,21,25)(H,22,26)(H,23,24)/t17-/m0/s1. The molecule has 0 fully saturated rings. The molecule has 0 aromatic heterocycles. The molecule has 142 valence electrons. The molecule has 0 aliphatic carbocycles. The minimum absolute atomic E-state index is 0.241. The van der Waals surface area contributed by atoms with Crippen molar-refractivity contribution in [3.63, 3.8) is 0 Å². The summed E-state index contributed by atoms with van der Waals surface area (Å²) in [5.74, 6) is -0.167. The molecule has 0 saturated heterocycles. The molecule has 0 spiro atoms. The van der Waals surface area contributed by atoms with Gasteiger partial charge in [0.1, 0.15) is 17.5 Å². The van der Waals surface area contributed by atoms with E-state index in [1.165, 1.54) is 0 Å². The summed E-state index contributed by atoms with van der Waals surface area (Å²) in [6, 6.07) is 15.1. The Morgan fingerprint density at radius 2 is 1.63 bits per heavy atom. The second kappa shape index (κ2) is 9.96. The van der Waals surface area contributed by atoms with Gasteiger partial charge in [0.15, 0.2) is 0 Å². The molecule has 0 radical (unpaired) electrons. The molecule has 2 rings (SSSR count). The second-order valence-corrected chi connectivity index (χ2v) is 5.93. The average Bonchev–Trinajstić information content (AvgIpc) is 2.67. The zero-order chi connectivity index (χ0) is 19.6. The summed E-state index contributed by atoms with van der Waals surface area (Å²) in [4.78, 5) is 35.3. The molecule has 1 atom stereocenters. The molecule has 27 heavy (non-hydrogen) atoms. The van der Waals surface area contributed by atoms with E-state index in [1.54, 1.807) is 24.3 Å². The van der Waals surface area contributed by atoms with Crippen molar-refractivity contribution < 1.29 is 19.1 Å². The molecule has 0 aliphatic rings. The van der Waals surface area contributed by atoms with Crippen LogP contribution in [0.5, 0.6) is 11.5 Å². The number of benzene rings is 2. The predicted octanol–water partition coefficient (Wildman–Crippen LogP) is 1.98. The molecule has 4 N–H and O–H groups in total. The van der Waals surface area contributed by atoms with Crippen molar-refractivity contribution in [1.82, 2.24) is 10.6 Å². The monoisotopic (exact) mass is 369 g/mol. The van der Waals surface area contributed by atoms with Gasteiger partial charge < -0.3 is 21.1 Å². The summed E-state index contributed by atoms with van der Waals surface area (Å²) in [5, 5.41) is 5.02. The summed E-state index contributed by atoms with van der Waals surface area (Å²) in [6.45, 7) is 1.64. The molecule has 3 amide bonds. The maximum atomic E-state index is 12.1. The molecule has 2 aromatic rings. The number of nitrogens with two attached hydrogens (primary N) is 1. The van der Waals surface area contributed by atoms with Gasteiger partial charge in [0, 0.05) is 5.56 Å². The highest BCUT2D eigenvalue weighted by Gasteiger charge is 2.17. The summed E-state index contributed by atoms with van der Waals surface area (Å²) < 4.78 is 5.66. The fourth-order valence-corrected chi connectivity index (χ4v) is 2.38. The summed E-state index contributed by atoms with van der Waals surface area (Å²) in [5.41, 5.74) is 5.63. The third-order valence-electron chi connectivity index (χ3n) is 3.76. The lowest BCUT2D eigenvalue weighted by atomic mass is 10.1. The van der Waals surface area contributed by atoms with E-state index in [0.29, 0.717) is 29.9 Å². The lowest BCUT2D eigenvalue weighted by molar-refractivity contribution is -0.126. The van der Waals surface area contributed by atoms with Crippen molar-refractivity contribution in [3.8, 4) is 11.5 Å². The van der Waals surface area contributed by atoms with Crippen LogP contribution in [0.2, 0.25) is 0 Å². The van der Waals surface area contributed by atoms with Gasteiger partial charge in [0.2, 0.25) is 11.8 Å². The molecule has 7 heteroatoms. The first kappa shape index (κ1) is 20.0. The number of primary amides is 1. The second-order valence-electron chi connectivity index (χ2n) is 5.93. The Hall–Kier alpha value is -3.35. The Kier molecular flexibility index (Phi) is 7.37. The van der Waals surface area contributed by atoms with Gasteiger partial charge in [0.05, 0.1) is 6.54 Å². The van der Waals surface area contributed by atoms with E-state index < -0.39 is 23.8 Å². The lowest BCUT2D eigenvalue weighted by Crippen LogP contribution is -2.47. The van der Waals surface area contributed by atoms with Crippen LogP contribution in [0.3, 0.4) is 0 Å². The number of rotatable bonds is 9. The number of para-hydroxylation sites is 1. The van der Waals surface area contributed by atoms with E-state index in [2.05, 4.69) is 10.6 Å². The van der Waals surface area contributed by atoms with Gasteiger partial charge in [0.25, 0.3) is 5.91 Å². The number of carbonyl (C=O) groups is 3. The van der Waals surface area contributed by atoms with Gasteiger partial charge in [-0.15, -0.1) is 0 Å². The first-order valence-electron chi connectivity index (χ1n) is 8.69. The van der Waals surface area contributed by atoms with Crippen LogP contribution in [0.1, 0.15) is 30.1 Å². The summed E-state index contributed by atoms with van der Waals surface area (Å²) >= 11 is 0.